The van der Waals surface area contributed by atoms with Gasteiger partial charge in [-0.3, -0.25) is 14.4 Å². The average molecular weight is 392 g/mol. The Morgan fingerprint density at radius 2 is 2.17 bits per heavy atom. The number of halogens is 1. The fourth-order valence-corrected chi connectivity index (χ4v) is 4.14. The summed E-state index contributed by atoms with van der Waals surface area (Å²) in [7, 11) is 0. The summed E-state index contributed by atoms with van der Waals surface area (Å²) in [6, 6.07) is 7.04. The van der Waals surface area contributed by atoms with Crippen molar-refractivity contribution in [3.8, 4) is 0 Å². The minimum absolute atomic E-state index is 0.0676. The largest absolute Gasteiger partial charge is 0.462 e. The normalized spacial score (nSPS) is 33.2. The van der Waals surface area contributed by atoms with Crippen LogP contribution >= 0.6 is 15.9 Å². The molecule has 3 aliphatic heterocycles. The van der Waals surface area contributed by atoms with Crippen LogP contribution in [0, 0.1) is 11.8 Å². The highest BCUT2D eigenvalue weighted by Crippen LogP contribution is 2.52. The van der Waals surface area contributed by atoms with Gasteiger partial charge in [0.25, 0.3) is 0 Å². The van der Waals surface area contributed by atoms with Crippen molar-refractivity contribution in [3.63, 3.8) is 0 Å². The quantitative estimate of drug-likeness (QED) is 0.446. The number of nitrogens with zero attached hydrogens (tertiary/aromatic N) is 1. The van der Waals surface area contributed by atoms with Gasteiger partial charge in [0.05, 0.1) is 23.6 Å². The van der Waals surface area contributed by atoms with Gasteiger partial charge in [-0.25, -0.2) is 4.90 Å². The molecule has 2 fully saturated rings. The lowest BCUT2D eigenvalue weighted by Gasteiger charge is -2.28. The predicted octanol–water partition coefficient (Wildman–Crippen LogP) is 1.83. The number of carbonyl (C=O) groups is 3. The number of hydrogen-bond donors (Lipinski definition) is 0. The summed E-state index contributed by atoms with van der Waals surface area (Å²) in [5.41, 5.74) is -0.523. The van der Waals surface area contributed by atoms with Crippen LogP contribution in [0.4, 0.5) is 5.69 Å². The van der Waals surface area contributed by atoms with Crippen LogP contribution < -0.4 is 4.90 Å². The lowest BCUT2D eigenvalue weighted by atomic mass is 9.77. The minimum Gasteiger partial charge on any atom is -0.462 e. The monoisotopic (exact) mass is 391 g/mol. The van der Waals surface area contributed by atoms with Crippen molar-refractivity contribution in [2.75, 3.05) is 11.5 Å². The number of anilines is 1. The van der Waals surface area contributed by atoms with E-state index < -0.39 is 29.5 Å². The molecular formula is C17H14BrNO5. The Kier molecular flexibility index (Phi) is 3.40. The van der Waals surface area contributed by atoms with Gasteiger partial charge < -0.3 is 9.47 Å². The number of amides is 2. The fourth-order valence-electron chi connectivity index (χ4n) is 3.75. The molecule has 6 nitrogen and oxygen atoms in total. The van der Waals surface area contributed by atoms with Gasteiger partial charge in [0, 0.05) is 11.4 Å². The minimum atomic E-state index is -1.05. The smallest absolute Gasteiger partial charge is 0.302 e. The first-order valence-corrected chi connectivity index (χ1v) is 8.36. The molecule has 3 aliphatic rings. The van der Waals surface area contributed by atoms with E-state index in [2.05, 4.69) is 15.9 Å². The van der Waals surface area contributed by atoms with Crippen molar-refractivity contribution in [1.82, 2.24) is 0 Å². The van der Waals surface area contributed by atoms with Crippen LogP contribution in [-0.4, -0.2) is 36.1 Å². The highest BCUT2D eigenvalue weighted by atomic mass is 79.9. The first-order chi connectivity index (χ1) is 11.4. The van der Waals surface area contributed by atoms with E-state index in [1.54, 1.807) is 30.4 Å². The number of ether oxygens (including phenoxy) is 2. The fraction of sp³-hybridized carbons (Fsp3) is 0.353. The molecule has 124 valence electrons. The second kappa shape index (κ2) is 5.26. The Hall–Kier alpha value is -1.99. The second-order valence-electron chi connectivity index (χ2n) is 6.17. The van der Waals surface area contributed by atoms with Gasteiger partial charge in [-0.15, -0.1) is 0 Å². The molecule has 0 saturated carbocycles. The molecule has 4 rings (SSSR count). The van der Waals surface area contributed by atoms with Crippen molar-refractivity contribution in [2.24, 2.45) is 11.8 Å². The number of hydrogen-bond acceptors (Lipinski definition) is 5. The SMILES string of the molecule is CC(=O)OC[C@@]12C=C[C@@H](O1)[C@H]1C(=O)N(c3cccc(Br)c3)C(=O)[C@@H]12. The third kappa shape index (κ3) is 2.08. The summed E-state index contributed by atoms with van der Waals surface area (Å²) in [4.78, 5) is 38.2. The maximum atomic E-state index is 13.0. The predicted molar refractivity (Wildman–Crippen MR) is 87.0 cm³/mol. The average Bonchev–Trinajstić information content (AvgIpc) is 3.16. The Morgan fingerprint density at radius 1 is 1.38 bits per heavy atom. The van der Waals surface area contributed by atoms with E-state index in [0.717, 1.165) is 4.47 Å². The van der Waals surface area contributed by atoms with Crippen LogP contribution in [0.1, 0.15) is 6.92 Å². The van der Waals surface area contributed by atoms with Crippen molar-refractivity contribution in [1.29, 1.82) is 0 Å². The summed E-state index contributed by atoms with van der Waals surface area (Å²) < 4.78 is 11.7. The number of esters is 1. The summed E-state index contributed by atoms with van der Waals surface area (Å²) >= 11 is 3.35. The van der Waals surface area contributed by atoms with Gasteiger partial charge >= 0.3 is 5.97 Å². The summed E-state index contributed by atoms with van der Waals surface area (Å²) in [5.74, 6) is -2.28. The maximum Gasteiger partial charge on any atom is 0.302 e. The van der Waals surface area contributed by atoms with Gasteiger partial charge in [0.2, 0.25) is 11.8 Å². The van der Waals surface area contributed by atoms with E-state index >= 15 is 0 Å². The molecule has 0 radical (unpaired) electrons. The number of carbonyl (C=O) groups excluding carboxylic acids is 3. The van der Waals surface area contributed by atoms with Gasteiger partial charge in [-0.05, 0) is 24.3 Å². The van der Waals surface area contributed by atoms with Crippen LogP contribution in [0.15, 0.2) is 40.9 Å². The highest BCUT2D eigenvalue weighted by Gasteiger charge is 2.68. The van der Waals surface area contributed by atoms with Crippen molar-refractivity contribution in [3.05, 3.63) is 40.9 Å². The van der Waals surface area contributed by atoms with E-state index in [0.29, 0.717) is 5.69 Å². The number of rotatable bonds is 3. The Bertz CT molecular complexity index is 791. The molecule has 2 bridgehead atoms. The maximum absolute atomic E-state index is 13.0. The zero-order valence-corrected chi connectivity index (χ0v) is 14.4. The van der Waals surface area contributed by atoms with Crippen molar-refractivity contribution in [2.45, 2.75) is 18.6 Å². The van der Waals surface area contributed by atoms with Crippen LogP contribution in [0.3, 0.4) is 0 Å². The first-order valence-electron chi connectivity index (χ1n) is 7.57. The molecule has 7 heteroatoms. The third-order valence-electron chi connectivity index (χ3n) is 4.72. The summed E-state index contributed by atoms with van der Waals surface area (Å²) in [6.45, 7) is 1.23. The molecule has 4 atom stereocenters. The zero-order chi connectivity index (χ0) is 17.1. The zero-order valence-electron chi connectivity index (χ0n) is 12.8. The summed E-state index contributed by atoms with van der Waals surface area (Å²) in [5, 5.41) is 0. The van der Waals surface area contributed by atoms with Crippen LogP contribution in [0.2, 0.25) is 0 Å². The molecular weight excluding hydrogens is 378 g/mol. The molecule has 0 aliphatic carbocycles. The molecule has 24 heavy (non-hydrogen) atoms. The Morgan fingerprint density at radius 3 is 2.88 bits per heavy atom. The number of imide groups is 1. The Balaban J connectivity index is 1.70. The number of fused-ring (bicyclic) bond motifs is 5. The molecule has 1 aromatic rings. The molecule has 0 spiro atoms. The van der Waals surface area contributed by atoms with E-state index in [-0.39, 0.29) is 18.4 Å². The Labute approximate surface area is 146 Å². The molecule has 1 aromatic carbocycles. The van der Waals surface area contributed by atoms with E-state index in [1.807, 2.05) is 6.07 Å². The van der Waals surface area contributed by atoms with Gasteiger partial charge in [-0.1, -0.05) is 28.1 Å². The second-order valence-corrected chi connectivity index (χ2v) is 7.09. The topological polar surface area (TPSA) is 72.9 Å². The van der Waals surface area contributed by atoms with E-state index in [1.165, 1.54) is 11.8 Å². The van der Waals surface area contributed by atoms with Gasteiger partial charge in [0.15, 0.2) is 0 Å². The third-order valence-corrected chi connectivity index (χ3v) is 5.22. The summed E-state index contributed by atoms with van der Waals surface area (Å²) in [6.07, 6.45) is 3.07. The van der Waals surface area contributed by atoms with E-state index in [9.17, 15) is 14.4 Å². The van der Waals surface area contributed by atoms with Crippen molar-refractivity contribution >= 4 is 39.4 Å². The van der Waals surface area contributed by atoms with Gasteiger partial charge in [0.1, 0.15) is 12.2 Å². The highest BCUT2D eigenvalue weighted by molar-refractivity contribution is 9.10. The van der Waals surface area contributed by atoms with Gasteiger partial charge in [-0.2, -0.15) is 0 Å². The molecule has 3 heterocycles. The first kappa shape index (κ1) is 15.5. The molecule has 2 amide bonds. The van der Waals surface area contributed by atoms with Crippen LogP contribution in [0.5, 0.6) is 0 Å². The van der Waals surface area contributed by atoms with Crippen LogP contribution in [-0.2, 0) is 23.9 Å². The molecule has 0 N–H and O–H groups in total. The lowest BCUT2D eigenvalue weighted by molar-refractivity contribution is -0.150. The number of benzene rings is 1. The molecule has 2 saturated heterocycles. The lowest BCUT2D eigenvalue weighted by Crippen LogP contribution is -2.44. The van der Waals surface area contributed by atoms with E-state index in [4.69, 9.17) is 9.47 Å². The van der Waals surface area contributed by atoms with Crippen LogP contribution in [0.25, 0.3) is 0 Å². The molecule has 0 aromatic heterocycles. The standard InChI is InChI=1S/C17H14BrNO5/c1-9(20)23-8-17-6-5-12(24-17)13-14(17)16(22)19(15(13)21)11-4-2-3-10(18)7-11/h2-7,12-14H,8H2,1H3/t12-,13-,14-,17-/m1/s1. The molecule has 0 unspecified atom stereocenters. The van der Waals surface area contributed by atoms with Crippen molar-refractivity contribution < 1.29 is 23.9 Å².